The number of carbonyl (C=O) groups is 2. The van der Waals surface area contributed by atoms with Crippen molar-refractivity contribution in [2.24, 2.45) is 0 Å². The maximum Gasteiger partial charge on any atom is 0.512 e. The number of carbonyl (C=O) groups excluding carboxylic acids is 1. The van der Waals surface area contributed by atoms with E-state index in [9.17, 15) is 9.59 Å². The Hall–Kier alpha value is -2.83. The molecule has 0 saturated carbocycles. The van der Waals surface area contributed by atoms with Crippen molar-refractivity contribution in [3.05, 3.63) is 41.3 Å². The van der Waals surface area contributed by atoms with Crippen molar-refractivity contribution >= 4 is 12.1 Å². The summed E-state index contributed by atoms with van der Waals surface area (Å²) in [5.41, 5.74) is 2.63. The molecule has 0 bridgehead atoms. The number of nitrogens with zero attached hydrogens (tertiary/aromatic N) is 3. The van der Waals surface area contributed by atoms with E-state index in [0.717, 1.165) is 5.56 Å². The summed E-state index contributed by atoms with van der Waals surface area (Å²) < 4.78 is 6.38. The molecule has 1 aliphatic rings. The minimum Gasteiger partial charge on any atom is -0.449 e. The second-order valence-corrected chi connectivity index (χ2v) is 4.86. The standard InChI is InChI=1S/C14H13N3O4/c1-8-4-3-5-9-11(8)13(18)16(2)6-10-12(21-14(19)20)15-7-17(9)10/h3-5,7H,6H2,1-2H3,(H,19,20). The first-order valence-electron chi connectivity index (χ1n) is 6.31. The predicted octanol–water partition coefficient (Wildman–Crippen LogP) is 1.82. The number of hydrogen-bond acceptors (Lipinski definition) is 4. The molecule has 1 aromatic carbocycles. The predicted molar refractivity (Wildman–Crippen MR) is 72.8 cm³/mol. The summed E-state index contributed by atoms with van der Waals surface area (Å²) in [5.74, 6) is -0.121. The average molecular weight is 287 g/mol. The number of imidazole rings is 1. The maximum atomic E-state index is 12.5. The number of aryl methyl sites for hydroxylation is 1. The zero-order chi connectivity index (χ0) is 15.1. The summed E-state index contributed by atoms with van der Waals surface area (Å²) in [6.45, 7) is 2.08. The lowest BCUT2D eigenvalue weighted by Gasteiger charge is -2.15. The van der Waals surface area contributed by atoms with Gasteiger partial charge in [-0.05, 0) is 18.6 Å². The highest BCUT2D eigenvalue weighted by atomic mass is 16.7. The summed E-state index contributed by atoms with van der Waals surface area (Å²) in [4.78, 5) is 28.7. The Labute approximate surface area is 120 Å². The van der Waals surface area contributed by atoms with Crippen molar-refractivity contribution in [3.8, 4) is 11.6 Å². The third-order valence-electron chi connectivity index (χ3n) is 3.47. The second-order valence-electron chi connectivity index (χ2n) is 4.86. The van der Waals surface area contributed by atoms with E-state index in [1.54, 1.807) is 17.7 Å². The van der Waals surface area contributed by atoms with Crippen molar-refractivity contribution in [1.82, 2.24) is 14.5 Å². The summed E-state index contributed by atoms with van der Waals surface area (Å²) in [6, 6.07) is 5.50. The summed E-state index contributed by atoms with van der Waals surface area (Å²) in [6.07, 6.45) is 0.0393. The third-order valence-corrected chi connectivity index (χ3v) is 3.47. The summed E-state index contributed by atoms with van der Waals surface area (Å²) >= 11 is 0. The third kappa shape index (κ3) is 2.03. The molecule has 0 saturated heterocycles. The fourth-order valence-electron chi connectivity index (χ4n) is 2.50. The minimum atomic E-state index is -1.43. The van der Waals surface area contributed by atoms with E-state index >= 15 is 0 Å². The van der Waals surface area contributed by atoms with Crippen LogP contribution in [0.3, 0.4) is 0 Å². The Balaban J connectivity index is 2.24. The van der Waals surface area contributed by atoms with Crippen molar-refractivity contribution in [2.45, 2.75) is 13.5 Å². The topological polar surface area (TPSA) is 84.7 Å². The van der Waals surface area contributed by atoms with Gasteiger partial charge in [0.05, 0.1) is 17.8 Å². The van der Waals surface area contributed by atoms with E-state index < -0.39 is 6.16 Å². The van der Waals surface area contributed by atoms with Crippen molar-refractivity contribution in [3.63, 3.8) is 0 Å². The van der Waals surface area contributed by atoms with Crippen LogP contribution in [0.5, 0.6) is 5.88 Å². The second kappa shape index (κ2) is 4.62. The van der Waals surface area contributed by atoms with Crippen molar-refractivity contribution in [2.75, 3.05) is 7.05 Å². The Morgan fingerprint density at radius 2 is 2.19 bits per heavy atom. The molecule has 1 aliphatic heterocycles. The quantitative estimate of drug-likeness (QED) is 0.809. The number of aromatic nitrogens is 2. The van der Waals surface area contributed by atoms with Crippen LogP contribution in [0.25, 0.3) is 5.69 Å². The van der Waals surface area contributed by atoms with Crippen LogP contribution in [0, 0.1) is 6.92 Å². The number of ether oxygens (including phenoxy) is 1. The van der Waals surface area contributed by atoms with Gasteiger partial charge in [0.25, 0.3) is 5.91 Å². The van der Waals surface area contributed by atoms with E-state index in [0.29, 0.717) is 16.9 Å². The van der Waals surface area contributed by atoms with E-state index in [1.165, 1.54) is 11.2 Å². The maximum absolute atomic E-state index is 12.5. The first-order chi connectivity index (χ1) is 9.99. The number of carboxylic acid groups (broad SMARTS) is 1. The highest BCUT2D eigenvalue weighted by Crippen LogP contribution is 2.30. The highest BCUT2D eigenvalue weighted by molar-refractivity contribution is 5.99. The smallest absolute Gasteiger partial charge is 0.449 e. The fourth-order valence-corrected chi connectivity index (χ4v) is 2.50. The van der Waals surface area contributed by atoms with Gasteiger partial charge in [-0.2, -0.15) is 0 Å². The molecular formula is C14H13N3O4. The van der Waals surface area contributed by atoms with Gasteiger partial charge >= 0.3 is 6.16 Å². The lowest BCUT2D eigenvalue weighted by Crippen LogP contribution is -2.25. The van der Waals surface area contributed by atoms with Gasteiger partial charge in [0.2, 0.25) is 5.88 Å². The van der Waals surface area contributed by atoms with Gasteiger partial charge in [-0.3, -0.25) is 9.36 Å². The molecule has 1 aromatic heterocycles. The molecule has 2 heterocycles. The van der Waals surface area contributed by atoms with E-state index in [4.69, 9.17) is 5.11 Å². The highest BCUT2D eigenvalue weighted by Gasteiger charge is 2.28. The number of hydrogen-bond donors (Lipinski definition) is 1. The molecular weight excluding hydrogens is 274 g/mol. The molecule has 108 valence electrons. The van der Waals surface area contributed by atoms with Crippen LogP contribution in [-0.4, -0.2) is 38.7 Å². The van der Waals surface area contributed by atoms with Crippen LogP contribution in [0.1, 0.15) is 21.6 Å². The molecule has 1 N–H and O–H groups in total. The van der Waals surface area contributed by atoms with Gasteiger partial charge in [0, 0.05) is 7.05 Å². The summed E-state index contributed by atoms with van der Waals surface area (Å²) in [7, 11) is 1.66. The minimum absolute atomic E-state index is 0.00324. The van der Waals surface area contributed by atoms with Crippen LogP contribution in [-0.2, 0) is 6.54 Å². The van der Waals surface area contributed by atoms with E-state index in [2.05, 4.69) is 9.72 Å². The van der Waals surface area contributed by atoms with Crippen molar-refractivity contribution < 1.29 is 19.4 Å². The van der Waals surface area contributed by atoms with Gasteiger partial charge in [-0.15, -0.1) is 0 Å². The number of benzene rings is 1. The van der Waals surface area contributed by atoms with Crippen LogP contribution in [0.2, 0.25) is 0 Å². The molecule has 7 nitrogen and oxygen atoms in total. The first kappa shape index (κ1) is 13.2. The van der Waals surface area contributed by atoms with Gasteiger partial charge in [0.15, 0.2) is 0 Å². The Morgan fingerprint density at radius 3 is 2.90 bits per heavy atom. The Bertz CT molecular complexity index is 751. The van der Waals surface area contributed by atoms with Gasteiger partial charge in [-0.1, -0.05) is 12.1 Å². The van der Waals surface area contributed by atoms with E-state index in [-0.39, 0.29) is 18.3 Å². The van der Waals surface area contributed by atoms with Gasteiger partial charge < -0.3 is 14.7 Å². The van der Waals surface area contributed by atoms with Gasteiger partial charge in [0.1, 0.15) is 12.0 Å². The first-order valence-corrected chi connectivity index (χ1v) is 6.31. The zero-order valence-corrected chi connectivity index (χ0v) is 11.5. The molecule has 3 rings (SSSR count). The fraction of sp³-hybridized carbons (Fsp3) is 0.214. The van der Waals surface area contributed by atoms with Crippen molar-refractivity contribution in [1.29, 1.82) is 0 Å². The SMILES string of the molecule is Cc1cccc2c1C(=O)N(C)Cc1c(OC(=O)O)ncn1-2. The molecule has 0 unspecified atom stereocenters. The lowest BCUT2D eigenvalue weighted by atomic mass is 10.1. The molecule has 0 spiro atoms. The number of amides is 1. The monoisotopic (exact) mass is 287 g/mol. The largest absolute Gasteiger partial charge is 0.512 e. The lowest BCUT2D eigenvalue weighted by molar-refractivity contribution is 0.0786. The number of fused-ring (bicyclic) bond motifs is 3. The normalized spacial score (nSPS) is 13.4. The average Bonchev–Trinajstić information content (AvgIpc) is 2.75. The van der Waals surface area contributed by atoms with Crippen LogP contribution < -0.4 is 4.74 Å². The molecule has 2 aromatic rings. The van der Waals surface area contributed by atoms with E-state index in [1.807, 2.05) is 19.1 Å². The zero-order valence-electron chi connectivity index (χ0n) is 11.5. The molecule has 0 fully saturated rings. The van der Waals surface area contributed by atoms with Crippen LogP contribution in [0.4, 0.5) is 4.79 Å². The van der Waals surface area contributed by atoms with Crippen LogP contribution >= 0.6 is 0 Å². The molecule has 0 aliphatic carbocycles. The molecule has 0 atom stereocenters. The van der Waals surface area contributed by atoms with Crippen LogP contribution in [0.15, 0.2) is 24.5 Å². The molecule has 21 heavy (non-hydrogen) atoms. The van der Waals surface area contributed by atoms with Gasteiger partial charge in [-0.25, -0.2) is 9.78 Å². The summed E-state index contributed by atoms with van der Waals surface area (Å²) in [5, 5.41) is 8.76. The molecule has 0 radical (unpaired) electrons. The molecule has 1 amide bonds. The number of rotatable bonds is 1. The molecule has 7 heteroatoms. The Morgan fingerprint density at radius 1 is 1.43 bits per heavy atom. The Kier molecular flexibility index (Phi) is 2.90.